The molecule has 2 aromatic rings. The summed E-state index contributed by atoms with van der Waals surface area (Å²) in [7, 11) is 0. The maximum absolute atomic E-state index is 9.94. The van der Waals surface area contributed by atoms with Gasteiger partial charge in [0.1, 0.15) is 17.7 Å². The van der Waals surface area contributed by atoms with Crippen LogP contribution in [0.4, 0.5) is 5.69 Å². The van der Waals surface area contributed by atoms with Crippen molar-refractivity contribution in [3.63, 3.8) is 0 Å². The van der Waals surface area contributed by atoms with E-state index in [2.05, 4.69) is 28.1 Å². The maximum Gasteiger partial charge on any atom is 0.134 e. The van der Waals surface area contributed by atoms with Crippen LogP contribution in [0.1, 0.15) is 36.8 Å². The molecule has 1 atom stereocenters. The van der Waals surface area contributed by atoms with Crippen molar-refractivity contribution >= 4 is 22.9 Å². The number of fused-ring (bicyclic) bond motifs is 1. The van der Waals surface area contributed by atoms with Crippen LogP contribution in [0.25, 0.3) is 5.57 Å². The smallest absolute Gasteiger partial charge is 0.134 e. The van der Waals surface area contributed by atoms with Crippen molar-refractivity contribution < 1.29 is 19.3 Å². The van der Waals surface area contributed by atoms with Crippen LogP contribution in [0.2, 0.25) is 0 Å². The summed E-state index contributed by atoms with van der Waals surface area (Å²) in [5, 5.41) is 9.94. The molecule has 1 aromatic carbocycles. The summed E-state index contributed by atoms with van der Waals surface area (Å²) in [6, 6.07) is 7.94. The number of ether oxygens (including phenoxy) is 3. The minimum absolute atomic E-state index is 0.0819. The van der Waals surface area contributed by atoms with Gasteiger partial charge in [0.15, 0.2) is 0 Å². The van der Waals surface area contributed by atoms with E-state index in [1.807, 2.05) is 6.07 Å². The number of hydrogen-bond acceptors (Lipinski definition) is 6. The van der Waals surface area contributed by atoms with Crippen LogP contribution in [0.15, 0.2) is 42.7 Å². The zero-order valence-electron chi connectivity index (χ0n) is 17.6. The minimum atomic E-state index is 0.0819. The van der Waals surface area contributed by atoms with Crippen LogP contribution in [0, 0.1) is 0 Å². The zero-order chi connectivity index (χ0) is 21.5. The van der Waals surface area contributed by atoms with Crippen molar-refractivity contribution in [2.75, 3.05) is 43.8 Å². The summed E-state index contributed by atoms with van der Waals surface area (Å²) >= 11 is 5.62. The van der Waals surface area contributed by atoms with Gasteiger partial charge in [0.25, 0.3) is 0 Å². The molecule has 0 bridgehead atoms. The molecule has 2 aliphatic heterocycles. The second-order valence-electron chi connectivity index (χ2n) is 7.71. The molecule has 1 aromatic heterocycles. The Bertz CT molecular complexity index is 899. The van der Waals surface area contributed by atoms with Gasteiger partial charge in [0.2, 0.25) is 0 Å². The van der Waals surface area contributed by atoms with E-state index < -0.39 is 0 Å². The highest BCUT2D eigenvalue weighted by molar-refractivity contribution is 6.17. The molecule has 1 saturated heterocycles. The Morgan fingerprint density at radius 3 is 2.90 bits per heavy atom. The topological polar surface area (TPSA) is 64.1 Å². The molecule has 1 unspecified atom stereocenters. The molecule has 6 nitrogen and oxygen atoms in total. The van der Waals surface area contributed by atoms with Crippen molar-refractivity contribution in [2.24, 2.45) is 0 Å². The number of pyridine rings is 1. The van der Waals surface area contributed by atoms with Gasteiger partial charge in [-0.15, -0.1) is 11.6 Å². The molecule has 166 valence electrons. The lowest BCUT2D eigenvalue weighted by Crippen LogP contribution is -2.41. The van der Waals surface area contributed by atoms with Gasteiger partial charge in [-0.05, 0) is 49.1 Å². The van der Waals surface area contributed by atoms with Crippen molar-refractivity contribution in [3.8, 4) is 11.5 Å². The lowest BCUT2D eigenvalue weighted by Gasteiger charge is -2.39. The number of alkyl halides is 1. The number of anilines is 1. The minimum Gasteiger partial charge on any atom is -0.506 e. The molecule has 3 heterocycles. The fraction of sp³-hybridized carbons (Fsp3) is 0.458. The first-order chi connectivity index (χ1) is 15.3. The van der Waals surface area contributed by atoms with Crippen molar-refractivity contribution in [1.82, 2.24) is 4.98 Å². The molecule has 31 heavy (non-hydrogen) atoms. The Labute approximate surface area is 188 Å². The van der Waals surface area contributed by atoms with Gasteiger partial charge in [0.05, 0.1) is 19.4 Å². The van der Waals surface area contributed by atoms with Gasteiger partial charge >= 0.3 is 0 Å². The second kappa shape index (κ2) is 10.8. The van der Waals surface area contributed by atoms with Gasteiger partial charge in [-0.1, -0.05) is 6.08 Å². The van der Waals surface area contributed by atoms with Gasteiger partial charge in [-0.25, -0.2) is 0 Å². The van der Waals surface area contributed by atoms with E-state index in [0.717, 1.165) is 60.6 Å². The average molecular weight is 445 g/mol. The van der Waals surface area contributed by atoms with Crippen LogP contribution in [-0.2, 0) is 9.47 Å². The molecule has 0 aliphatic carbocycles. The standard InChI is InChI=1S/C24H29ClN2O4/c25-8-13-29-10-3-12-30-20-5-6-23-22(15-20)21(18-14-19(28)17-26-16-18)7-9-27(23)24-4-1-2-11-31-24/h5-7,14-17,24,28H,1-4,8-13H2. The van der Waals surface area contributed by atoms with Gasteiger partial charge in [0, 0.05) is 55.1 Å². The van der Waals surface area contributed by atoms with Gasteiger partial charge < -0.3 is 24.2 Å². The van der Waals surface area contributed by atoms with Crippen LogP contribution < -0.4 is 9.64 Å². The highest BCUT2D eigenvalue weighted by atomic mass is 35.5. The molecule has 1 fully saturated rings. The number of nitrogens with zero attached hydrogens (tertiary/aromatic N) is 2. The van der Waals surface area contributed by atoms with Crippen molar-refractivity contribution in [2.45, 2.75) is 31.9 Å². The summed E-state index contributed by atoms with van der Waals surface area (Å²) in [5.41, 5.74) is 4.10. The first kappa shape index (κ1) is 21.9. The highest BCUT2D eigenvalue weighted by Crippen LogP contribution is 2.40. The molecule has 7 heteroatoms. The summed E-state index contributed by atoms with van der Waals surface area (Å²) in [4.78, 5) is 6.48. The third-order valence-electron chi connectivity index (χ3n) is 5.52. The molecule has 4 rings (SSSR count). The van der Waals surface area contributed by atoms with E-state index in [9.17, 15) is 5.11 Å². The average Bonchev–Trinajstić information content (AvgIpc) is 2.81. The number of rotatable bonds is 9. The normalized spacial score (nSPS) is 18.4. The zero-order valence-corrected chi connectivity index (χ0v) is 18.4. The summed E-state index contributed by atoms with van der Waals surface area (Å²) < 4.78 is 17.5. The Morgan fingerprint density at radius 1 is 1.16 bits per heavy atom. The third kappa shape index (κ3) is 5.50. The van der Waals surface area contributed by atoms with E-state index in [-0.39, 0.29) is 12.0 Å². The molecule has 0 radical (unpaired) electrons. The van der Waals surface area contributed by atoms with Crippen LogP contribution >= 0.6 is 11.6 Å². The van der Waals surface area contributed by atoms with E-state index >= 15 is 0 Å². The van der Waals surface area contributed by atoms with Crippen molar-refractivity contribution in [1.29, 1.82) is 0 Å². The van der Waals surface area contributed by atoms with E-state index in [1.165, 1.54) is 12.6 Å². The first-order valence-electron chi connectivity index (χ1n) is 10.9. The summed E-state index contributed by atoms with van der Waals surface area (Å²) in [6.07, 6.45) is 9.61. The van der Waals surface area contributed by atoms with Gasteiger partial charge in [-0.2, -0.15) is 0 Å². The SMILES string of the molecule is Oc1cncc(C2=CCN(C3CCCCO3)c3ccc(OCCCOCCCl)cc32)c1. The molecule has 1 N–H and O–H groups in total. The molecular formula is C24H29ClN2O4. The fourth-order valence-electron chi connectivity index (χ4n) is 4.07. The largest absolute Gasteiger partial charge is 0.506 e. The van der Waals surface area contributed by atoms with Crippen LogP contribution in [-0.4, -0.2) is 55.2 Å². The number of aromatic nitrogens is 1. The fourth-order valence-corrected chi connectivity index (χ4v) is 4.18. The Hall–Kier alpha value is -2.28. The first-order valence-corrected chi connectivity index (χ1v) is 11.4. The maximum atomic E-state index is 9.94. The van der Waals surface area contributed by atoms with E-state index in [0.29, 0.717) is 25.7 Å². The molecule has 0 spiro atoms. The third-order valence-corrected chi connectivity index (χ3v) is 5.68. The lowest BCUT2D eigenvalue weighted by atomic mass is 9.93. The van der Waals surface area contributed by atoms with Crippen LogP contribution in [0.3, 0.4) is 0 Å². The quantitative estimate of drug-likeness (QED) is 0.451. The molecule has 2 aliphatic rings. The van der Waals surface area contributed by atoms with Crippen LogP contribution in [0.5, 0.6) is 11.5 Å². The highest BCUT2D eigenvalue weighted by Gasteiger charge is 2.28. The number of halogens is 1. The predicted molar refractivity (Wildman–Crippen MR) is 122 cm³/mol. The van der Waals surface area contributed by atoms with E-state index in [1.54, 1.807) is 12.3 Å². The van der Waals surface area contributed by atoms with Gasteiger partial charge in [-0.3, -0.25) is 4.98 Å². The van der Waals surface area contributed by atoms with Crippen molar-refractivity contribution in [3.05, 3.63) is 53.9 Å². The lowest BCUT2D eigenvalue weighted by molar-refractivity contribution is 0.0154. The number of benzene rings is 1. The molecule has 0 saturated carbocycles. The molecule has 0 amide bonds. The summed E-state index contributed by atoms with van der Waals surface area (Å²) in [6.45, 7) is 3.32. The number of aromatic hydroxyl groups is 1. The Balaban J connectivity index is 1.56. The molecular weight excluding hydrogens is 416 g/mol. The summed E-state index contributed by atoms with van der Waals surface area (Å²) in [5.74, 6) is 1.47. The Kier molecular flexibility index (Phi) is 7.67. The predicted octanol–water partition coefficient (Wildman–Crippen LogP) is 4.59. The Morgan fingerprint density at radius 2 is 2.10 bits per heavy atom. The monoisotopic (exact) mass is 444 g/mol. The number of hydrogen-bond donors (Lipinski definition) is 1. The second-order valence-corrected chi connectivity index (χ2v) is 8.08. The van der Waals surface area contributed by atoms with E-state index in [4.69, 9.17) is 25.8 Å².